The third-order valence-corrected chi connectivity index (χ3v) is 7.33. The second-order valence-electron chi connectivity index (χ2n) is 8.33. The molecule has 5 rings (SSSR count). The number of anilines is 1. The van der Waals surface area contributed by atoms with Gasteiger partial charge in [0.15, 0.2) is 5.17 Å². The normalized spacial score (nSPS) is 26.7. The van der Waals surface area contributed by atoms with Gasteiger partial charge >= 0.3 is 0 Å². The zero-order valence-electron chi connectivity index (χ0n) is 16.9. The molecule has 5 heteroatoms. The summed E-state index contributed by atoms with van der Waals surface area (Å²) >= 11 is 1.91. The topological polar surface area (TPSA) is 31.7 Å². The Balaban J connectivity index is 1.57. The standard InChI is InChI=1S/C23H28N4S/c1-15-13-20(26-10-6-7-11-26)16(2)12-18(15)22-21(19-8-4-5-9-24-19)25-23-27(22)14-17(3)28-23/h4-5,8-9,12-13,17,21-22H,6-7,10-11,14H2,1-3H3/t17-,21+,22-/m1/s1. The predicted molar refractivity (Wildman–Crippen MR) is 118 cm³/mol. The molecule has 2 saturated heterocycles. The lowest BCUT2D eigenvalue weighted by atomic mass is 9.91. The molecule has 2 fully saturated rings. The SMILES string of the molecule is Cc1cc(N2CCCC2)c(C)cc1[C@@H]1[C@H](c2ccccn2)N=C2S[C@H](C)CN21. The van der Waals surface area contributed by atoms with Crippen molar-refractivity contribution in [3.05, 3.63) is 58.9 Å². The highest BCUT2D eigenvalue weighted by Gasteiger charge is 2.44. The van der Waals surface area contributed by atoms with Gasteiger partial charge in [-0.3, -0.25) is 9.98 Å². The molecule has 0 N–H and O–H groups in total. The summed E-state index contributed by atoms with van der Waals surface area (Å²) in [6, 6.07) is 11.3. The predicted octanol–water partition coefficient (Wildman–Crippen LogP) is 4.89. The van der Waals surface area contributed by atoms with Crippen LogP contribution in [0.25, 0.3) is 0 Å². The number of pyridine rings is 1. The minimum atomic E-state index is 0.0759. The van der Waals surface area contributed by atoms with Crippen LogP contribution in [0.2, 0.25) is 0 Å². The van der Waals surface area contributed by atoms with Crippen molar-refractivity contribution in [2.24, 2.45) is 4.99 Å². The fourth-order valence-corrected chi connectivity index (χ4v) is 5.99. The van der Waals surface area contributed by atoms with Gasteiger partial charge in [0, 0.05) is 36.8 Å². The van der Waals surface area contributed by atoms with Crippen LogP contribution in [0.3, 0.4) is 0 Å². The third kappa shape index (κ3) is 3.00. The lowest BCUT2D eigenvalue weighted by Gasteiger charge is -2.30. The van der Waals surface area contributed by atoms with E-state index in [0.717, 1.165) is 12.2 Å². The first-order chi connectivity index (χ1) is 13.6. The highest BCUT2D eigenvalue weighted by Crippen LogP contribution is 2.48. The van der Waals surface area contributed by atoms with Crippen LogP contribution >= 0.6 is 11.8 Å². The quantitative estimate of drug-likeness (QED) is 0.744. The Morgan fingerprint density at radius 1 is 1.07 bits per heavy atom. The van der Waals surface area contributed by atoms with Crippen molar-refractivity contribution >= 4 is 22.6 Å². The van der Waals surface area contributed by atoms with Crippen molar-refractivity contribution in [3.8, 4) is 0 Å². The van der Waals surface area contributed by atoms with Gasteiger partial charge in [0.05, 0.1) is 11.7 Å². The van der Waals surface area contributed by atoms with E-state index in [0.29, 0.717) is 5.25 Å². The minimum Gasteiger partial charge on any atom is -0.371 e. The van der Waals surface area contributed by atoms with Crippen LogP contribution in [0, 0.1) is 13.8 Å². The van der Waals surface area contributed by atoms with E-state index in [1.54, 1.807) is 0 Å². The number of rotatable bonds is 3. The molecule has 4 nitrogen and oxygen atoms in total. The van der Waals surface area contributed by atoms with Crippen molar-refractivity contribution in [2.75, 3.05) is 24.5 Å². The fraction of sp³-hybridized carbons (Fsp3) is 0.478. The Kier molecular flexibility index (Phi) is 4.58. The smallest absolute Gasteiger partial charge is 0.160 e. The summed E-state index contributed by atoms with van der Waals surface area (Å²) < 4.78 is 0. The van der Waals surface area contributed by atoms with Gasteiger partial charge < -0.3 is 9.80 Å². The molecule has 1 aromatic carbocycles. The fourth-order valence-electron chi connectivity index (χ4n) is 4.89. The Hall–Kier alpha value is -2.01. The molecule has 0 unspecified atom stereocenters. The molecule has 3 aliphatic heterocycles. The van der Waals surface area contributed by atoms with Crippen LogP contribution in [0.4, 0.5) is 5.69 Å². The van der Waals surface area contributed by atoms with Crippen molar-refractivity contribution < 1.29 is 0 Å². The molecule has 1 aromatic heterocycles. The van der Waals surface area contributed by atoms with E-state index in [9.17, 15) is 0 Å². The van der Waals surface area contributed by atoms with E-state index in [4.69, 9.17) is 4.99 Å². The lowest BCUT2D eigenvalue weighted by molar-refractivity contribution is 0.320. The van der Waals surface area contributed by atoms with Crippen LogP contribution in [-0.4, -0.2) is 39.9 Å². The molecule has 0 radical (unpaired) electrons. The Morgan fingerprint density at radius 3 is 2.64 bits per heavy atom. The molecule has 0 spiro atoms. The molecule has 4 heterocycles. The Bertz CT molecular complexity index is 904. The van der Waals surface area contributed by atoms with Gasteiger partial charge in [-0.2, -0.15) is 0 Å². The van der Waals surface area contributed by atoms with Crippen LogP contribution in [0.1, 0.15) is 54.2 Å². The first-order valence-electron chi connectivity index (χ1n) is 10.4. The monoisotopic (exact) mass is 392 g/mol. The molecule has 2 aromatic rings. The van der Waals surface area contributed by atoms with Gasteiger partial charge in [-0.1, -0.05) is 30.8 Å². The average Bonchev–Trinajstić information content (AvgIpc) is 3.40. The number of nitrogens with zero attached hydrogens (tertiary/aromatic N) is 4. The highest BCUT2D eigenvalue weighted by atomic mass is 32.2. The first kappa shape index (κ1) is 18.0. The number of thioether (sulfide) groups is 1. The molecular formula is C23H28N4S. The third-order valence-electron chi connectivity index (χ3n) is 6.23. The molecule has 146 valence electrons. The van der Waals surface area contributed by atoms with E-state index < -0.39 is 0 Å². The maximum Gasteiger partial charge on any atom is 0.160 e. The van der Waals surface area contributed by atoms with Crippen LogP contribution < -0.4 is 4.90 Å². The summed E-state index contributed by atoms with van der Waals surface area (Å²) in [4.78, 5) is 14.9. The van der Waals surface area contributed by atoms with Crippen molar-refractivity contribution in [1.29, 1.82) is 0 Å². The summed E-state index contributed by atoms with van der Waals surface area (Å²) in [5, 5.41) is 1.78. The molecule has 0 saturated carbocycles. The number of benzene rings is 1. The number of hydrogen-bond donors (Lipinski definition) is 0. The highest BCUT2D eigenvalue weighted by molar-refractivity contribution is 8.14. The number of hydrogen-bond acceptors (Lipinski definition) is 5. The van der Waals surface area contributed by atoms with Crippen molar-refractivity contribution in [1.82, 2.24) is 9.88 Å². The van der Waals surface area contributed by atoms with Crippen LogP contribution in [0.5, 0.6) is 0 Å². The summed E-state index contributed by atoms with van der Waals surface area (Å²) in [6.45, 7) is 10.3. The van der Waals surface area contributed by atoms with Crippen molar-refractivity contribution in [3.63, 3.8) is 0 Å². The number of fused-ring (bicyclic) bond motifs is 1. The molecule has 3 atom stereocenters. The number of amidine groups is 1. The Morgan fingerprint density at radius 2 is 1.89 bits per heavy atom. The number of aliphatic imine (C=N–C) groups is 1. The molecule has 0 aliphatic carbocycles. The zero-order valence-corrected chi connectivity index (χ0v) is 17.7. The molecule has 0 bridgehead atoms. The minimum absolute atomic E-state index is 0.0759. The second kappa shape index (κ2) is 7.11. The van der Waals surface area contributed by atoms with Crippen LogP contribution in [-0.2, 0) is 0 Å². The van der Waals surface area contributed by atoms with Gasteiger partial charge in [0.25, 0.3) is 0 Å². The zero-order chi connectivity index (χ0) is 19.3. The summed E-state index contributed by atoms with van der Waals surface area (Å²) in [6.07, 6.45) is 4.51. The number of aryl methyl sites for hydroxylation is 2. The van der Waals surface area contributed by atoms with E-state index in [-0.39, 0.29) is 12.1 Å². The van der Waals surface area contributed by atoms with Crippen molar-refractivity contribution in [2.45, 2.75) is 50.9 Å². The van der Waals surface area contributed by atoms with Crippen LogP contribution in [0.15, 0.2) is 41.5 Å². The van der Waals surface area contributed by atoms with Gasteiger partial charge in [-0.25, -0.2) is 0 Å². The summed E-state index contributed by atoms with van der Waals surface area (Å²) in [5.41, 5.74) is 6.65. The first-order valence-corrected chi connectivity index (χ1v) is 11.3. The molecule has 28 heavy (non-hydrogen) atoms. The summed E-state index contributed by atoms with van der Waals surface area (Å²) in [7, 11) is 0. The maximum atomic E-state index is 5.13. The molecule has 3 aliphatic rings. The lowest BCUT2D eigenvalue weighted by Crippen LogP contribution is -2.29. The van der Waals surface area contributed by atoms with E-state index in [1.165, 1.54) is 53.5 Å². The second-order valence-corrected chi connectivity index (χ2v) is 9.73. The van der Waals surface area contributed by atoms with Gasteiger partial charge in [-0.05, 0) is 61.6 Å². The maximum absolute atomic E-state index is 5.13. The van der Waals surface area contributed by atoms with E-state index in [1.807, 2.05) is 24.0 Å². The van der Waals surface area contributed by atoms with Gasteiger partial charge in [0.2, 0.25) is 0 Å². The largest absolute Gasteiger partial charge is 0.371 e. The average molecular weight is 393 g/mol. The number of aromatic nitrogens is 1. The summed E-state index contributed by atoms with van der Waals surface area (Å²) in [5.74, 6) is 0. The van der Waals surface area contributed by atoms with E-state index >= 15 is 0 Å². The Labute approximate surface area is 172 Å². The van der Waals surface area contributed by atoms with Gasteiger partial charge in [-0.15, -0.1) is 0 Å². The van der Waals surface area contributed by atoms with E-state index in [2.05, 4.69) is 59.8 Å². The molecule has 0 amide bonds. The molecular weight excluding hydrogens is 364 g/mol. The van der Waals surface area contributed by atoms with Gasteiger partial charge in [0.1, 0.15) is 6.04 Å².